The highest BCUT2D eigenvalue weighted by Gasteiger charge is 2.66. The predicted molar refractivity (Wildman–Crippen MR) is 120 cm³/mol. The van der Waals surface area contributed by atoms with Gasteiger partial charge < -0.3 is 33.9 Å². The summed E-state index contributed by atoms with van der Waals surface area (Å²) in [6.07, 6.45) is 3.41. The topological polar surface area (TPSA) is 95.6 Å². The van der Waals surface area contributed by atoms with Crippen LogP contribution in [0.4, 0.5) is 5.69 Å². The third-order valence-electron chi connectivity index (χ3n) is 6.94. The maximum atomic E-state index is 13.5. The summed E-state index contributed by atoms with van der Waals surface area (Å²) in [4.78, 5) is 28.6. The first-order valence-electron chi connectivity index (χ1n) is 11.1. The minimum absolute atomic E-state index is 0.0861. The highest BCUT2D eigenvalue weighted by Crippen LogP contribution is 2.52. The molecule has 2 bridgehead atoms. The molecule has 4 atom stereocenters. The molecule has 0 aliphatic carbocycles. The van der Waals surface area contributed by atoms with Crippen LogP contribution >= 0.6 is 0 Å². The number of methoxy groups -OCH3 is 2. The van der Waals surface area contributed by atoms with Crippen LogP contribution in [0.15, 0.2) is 48.6 Å². The molecule has 1 spiro atoms. The normalized spacial score (nSPS) is 27.8. The van der Waals surface area contributed by atoms with Crippen LogP contribution in [-0.2, 0) is 20.9 Å². The summed E-state index contributed by atoms with van der Waals surface area (Å²) in [6.45, 7) is 1.00. The molecule has 176 valence electrons. The molecule has 9 nitrogen and oxygen atoms in total. The fourth-order valence-electron chi connectivity index (χ4n) is 5.41. The van der Waals surface area contributed by atoms with E-state index in [2.05, 4.69) is 5.32 Å². The van der Waals surface area contributed by atoms with Gasteiger partial charge in [0, 0.05) is 18.3 Å². The summed E-state index contributed by atoms with van der Waals surface area (Å²) in [6, 6.07) is 10.8. The second-order valence-electron chi connectivity index (χ2n) is 8.84. The van der Waals surface area contributed by atoms with Crippen LogP contribution in [0.2, 0.25) is 0 Å². The van der Waals surface area contributed by atoms with E-state index in [0.717, 1.165) is 5.56 Å². The first-order chi connectivity index (χ1) is 16.5. The van der Waals surface area contributed by atoms with E-state index in [0.29, 0.717) is 41.8 Å². The van der Waals surface area contributed by atoms with Crippen molar-refractivity contribution in [3.8, 4) is 23.0 Å². The van der Waals surface area contributed by atoms with E-state index in [4.69, 9.17) is 23.7 Å². The fourth-order valence-corrected chi connectivity index (χ4v) is 5.41. The number of benzene rings is 2. The molecule has 2 fully saturated rings. The molecule has 4 heterocycles. The van der Waals surface area contributed by atoms with Crippen LogP contribution in [0.5, 0.6) is 23.0 Å². The Labute approximate surface area is 196 Å². The summed E-state index contributed by atoms with van der Waals surface area (Å²) in [5, 5.41) is 2.93. The van der Waals surface area contributed by atoms with Gasteiger partial charge in [0.1, 0.15) is 5.60 Å². The number of carbonyl (C=O) groups is 2. The van der Waals surface area contributed by atoms with Gasteiger partial charge in [-0.2, -0.15) is 0 Å². The highest BCUT2D eigenvalue weighted by atomic mass is 16.7. The van der Waals surface area contributed by atoms with Crippen molar-refractivity contribution < 1.29 is 33.3 Å². The lowest BCUT2D eigenvalue weighted by Crippen LogP contribution is -2.41. The molecule has 0 unspecified atom stereocenters. The van der Waals surface area contributed by atoms with Gasteiger partial charge in [-0.1, -0.05) is 18.2 Å². The van der Waals surface area contributed by atoms with E-state index in [1.807, 2.05) is 30.4 Å². The number of anilines is 1. The van der Waals surface area contributed by atoms with Gasteiger partial charge >= 0.3 is 0 Å². The van der Waals surface area contributed by atoms with E-state index >= 15 is 0 Å². The van der Waals surface area contributed by atoms with Crippen molar-refractivity contribution in [1.29, 1.82) is 0 Å². The molecule has 2 saturated heterocycles. The Morgan fingerprint density at radius 2 is 1.94 bits per heavy atom. The van der Waals surface area contributed by atoms with Gasteiger partial charge in [0.25, 0.3) is 0 Å². The van der Waals surface area contributed by atoms with Crippen LogP contribution in [0.3, 0.4) is 0 Å². The molecule has 9 heteroatoms. The quantitative estimate of drug-likeness (QED) is 0.656. The zero-order valence-corrected chi connectivity index (χ0v) is 18.8. The molecule has 0 saturated carbocycles. The summed E-state index contributed by atoms with van der Waals surface area (Å²) in [7, 11) is 3.09. The Hall–Kier alpha value is -3.72. The standard InChI is InChI=1S/C25H24N2O7/c1-30-16-6-4-15(10-19(16)31-2)26-23(28)21-18-7-8-25(34-18)12-27(24(29)22(21)25)11-14-3-5-17-20(9-14)33-13-32-17/h3-10,18,21-22H,11-13H2,1-2H3,(H,26,28)/t18-,21-,22+,25-/m1/s1. The molecular weight excluding hydrogens is 440 g/mol. The molecule has 4 aliphatic heterocycles. The lowest BCUT2D eigenvalue weighted by Gasteiger charge is -2.23. The van der Waals surface area contributed by atoms with Crippen molar-refractivity contribution in [2.24, 2.45) is 11.8 Å². The lowest BCUT2D eigenvalue weighted by molar-refractivity contribution is -0.136. The highest BCUT2D eigenvalue weighted by molar-refractivity contribution is 5.99. The lowest BCUT2D eigenvalue weighted by atomic mass is 9.77. The predicted octanol–water partition coefficient (Wildman–Crippen LogP) is 2.35. The van der Waals surface area contributed by atoms with Crippen LogP contribution in [-0.4, -0.2) is 56.0 Å². The Kier molecular flexibility index (Phi) is 4.70. The Balaban J connectivity index is 1.21. The van der Waals surface area contributed by atoms with Crippen LogP contribution in [0, 0.1) is 11.8 Å². The van der Waals surface area contributed by atoms with Gasteiger partial charge in [-0.15, -0.1) is 0 Å². The smallest absolute Gasteiger partial charge is 0.231 e. The number of carbonyl (C=O) groups excluding carboxylic acids is 2. The molecule has 2 amide bonds. The minimum Gasteiger partial charge on any atom is -0.493 e. The van der Waals surface area contributed by atoms with Crippen LogP contribution in [0.1, 0.15) is 5.56 Å². The molecular formula is C25H24N2O7. The molecule has 0 aromatic heterocycles. The molecule has 34 heavy (non-hydrogen) atoms. The number of likely N-dealkylation sites (tertiary alicyclic amines) is 1. The molecule has 2 aromatic carbocycles. The van der Waals surface area contributed by atoms with Crippen LogP contribution < -0.4 is 24.3 Å². The number of amides is 2. The second kappa shape index (κ2) is 7.66. The maximum absolute atomic E-state index is 13.5. The number of ether oxygens (including phenoxy) is 5. The monoisotopic (exact) mass is 464 g/mol. The van der Waals surface area contributed by atoms with Crippen molar-refractivity contribution in [3.05, 3.63) is 54.1 Å². The molecule has 1 N–H and O–H groups in total. The number of hydrogen-bond donors (Lipinski definition) is 1. The van der Waals surface area contributed by atoms with Crippen molar-refractivity contribution in [2.45, 2.75) is 18.2 Å². The summed E-state index contributed by atoms with van der Waals surface area (Å²) >= 11 is 0. The van der Waals surface area contributed by atoms with Gasteiger partial charge in [0.2, 0.25) is 18.6 Å². The van der Waals surface area contributed by atoms with E-state index < -0.39 is 23.5 Å². The Morgan fingerprint density at radius 3 is 2.76 bits per heavy atom. The third-order valence-corrected chi connectivity index (χ3v) is 6.94. The van der Waals surface area contributed by atoms with Crippen molar-refractivity contribution in [1.82, 2.24) is 4.90 Å². The minimum atomic E-state index is -0.780. The van der Waals surface area contributed by atoms with E-state index in [-0.39, 0.29) is 18.6 Å². The maximum Gasteiger partial charge on any atom is 0.231 e. The zero-order chi connectivity index (χ0) is 23.4. The molecule has 0 radical (unpaired) electrons. The first-order valence-corrected chi connectivity index (χ1v) is 11.1. The summed E-state index contributed by atoms with van der Waals surface area (Å²) in [5.74, 6) is 0.909. The number of fused-ring (bicyclic) bond motifs is 2. The van der Waals surface area contributed by atoms with E-state index in [1.54, 1.807) is 30.2 Å². The number of nitrogens with one attached hydrogen (secondary N) is 1. The second-order valence-corrected chi connectivity index (χ2v) is 8.84. The van der Waals surface area contributed by atoms with Gasteiger partial charge in [0.05, 0.1) is 38.7 Å². The van der Waals surface area contributed by atoms with Gasteiger partial charge in [-0.3, -0.25) is 9.59 Å². The molecule has 2 aromatic rings. The SMILES string of the molecule is COc1ccc(NC(=O)[C@H]2[C@H]3C(=O)N(Cc4ccc5c(c4)OCO5)C[C@]34C=C[C@H]2O4)cc1OC. The van der Waals surface area contributed by atoms with Crippen molar-refractivity contribution in [2.75, 3.05) is 32.9 Å². The number of hydrogen-bond acceptors (Lipinski definition) is 7. The van der Waals surface area contributed by atoms with E-state index in [1.165, 1.54) is 7.11 Å². The van der Waals surface area contributed by atoms with Gasteiger partial charge in [-0.25, -0.2) is 0 Å². The number of rotatable bonds is 6. The van der Waals surface area contributed by atoms with Gasteiger partial charge in [0.15, 0.2) is 23.0 Å². The van der Waals surface area contributed by atoms with Crippen LogP contribution in [0.25, 0.3) is 0 Å². The third kappa shape index (κ3) is 3.11. The summed E-state index contributed by atoms with van der Waals surface area (Å²) < 4.78 is 27.6. The average molecular weight is 464 g/mol. The largest absolute Gasteiger partial charge is 0.493 e. The van der Waals surface area contributed by atoms with Crippen molar-refractivity contribution in [3.63, 3.8) is 0 Å². The molecule has 4 aliphatic rings. The Bertz CT molecular complexity index is 1210. The Morgan fingerprint density at radius 1 is 1.12 bits per heavy atom. The average Bonchev–Trinajstić information content (AvgIpc) is 3.60. The zero-order valence-electron chi connectivity index (χ0n) is 18.8. The van der Waals surface area contributed by atoms with Crippen molar-refractivity contribution >= 4 is 17.5 Å². The fraction of sp³-hybridized carbons (Fsp3) is 0.360. The molecule has 6 rings (SSSR count). The number of nitrogens with zero attached hydrogens (tertiary/aromatic N) is 1. The summed E-state index contributed by atoms with van der Waals surface area (Å²) in [5.41, 5.74) is 0.711. The first kappa shape index (κ1) is 20.9. The van der Waals surface area contributed by atoms with E-state index in [9.17, 15) is 9.59 Å². The van der Waals surface area contributed by atoms with Gasteiger partial charge in [-0.05, 0) is 29.8 Å².